The number of carbonyl (C=O) groups is 2. The third-order valence-electron chi connectivity index (χ3n) is 3.46. The Morgan fingerprint density at radius 1 is 1.45 bits per heavy atom. The summed E-state index contributed by atoms with van der Waals surface area (Å²) in [5.41, 5.74) is 0.997. The van der Waals surface area contributed by atoms with E-state index in [0.29, 0.717) is 6.42 Å². The first kappa shape index (κ1) is 15.0. The van der Waals surface area contributed by atoms with Gasteiger partial charge in [-0.3, -0.25) is 9.59 Å². The first-order chi connectivity index (χ1) is 9.20. The first-order valence-corrected chi connectivity index (χ1v) is 7.57. The van der Waals surface area contributed by atoms with Crippen molar-refractivity contribution in [2.75, 3.05) is 0 Å². The molecule has 0 bridgehead atoms. The normalized spacial score (nSPS) is 23.2. The van der Waals surface area contributed by atoms with Gasteiger partial charge in [0.2, 0.25) is 5.91 Å². The van der Waals surface area contributed by atoms with Crippen molar-refractivity contribution < 1.29 is 14.7 Å². The highest BCUT2D eigenvalue weighted by Gasteiger charge is 2.48. The predicted octanol–water partition coefficient (Wildman–Crippen LogP) is 2.34. The van der Waals surface area contributed by atoms with Crippen LogP contribution in [0.5, 0.6) is 0 Å². The summed E-state index contributed by atoms with van der Waals surface area (Å²) in [6.07, 6.45) is 0.443. The molecule has 1 heterocycles. The maximum Gasteiger partial charge on any atom is 0.307 e. The number of hydrogen-bond donors (Lipinski definition) is 2. The van der Waals surface area contributed by atoms with Crippen molar-refractivity contribution in [3.63, 3.8) is 0 Å². The van der Waals surface area contributed by atoms with E-state index >= 15 is 0 Å². The molecule has 2 rings (SSSR count). The van der Waals surface area contributed by atoms with Crippen LogP contribution in [0.3, 0.4) is 0 Å². The number of carbonyl (C=O) groups excluding carboxylic acids is 1. The molecule has 1 fully saturated rings. The SMILES string of the molecule is C[C@H](NC(=O)[C@@H]1C[C@@H]1C(=O)O)c1nc(C(C)(C)C)cs1. The summed E-state index contributed by atoms with van der Waals surface area (Å²) in [5.74, 6) is -1.96. The van der Waals surface area contributed by atoms with Crippen LogP contribution in [0.15, 0.2) is 5.38 Å². The second-order valence-electron chi connectivity index (χ2n) is 6.34. The van der Waals surface area contributed by atoms with E-state index in [4.69, 9.17) is 5.11 Å². The van der Waals surface area contributed by atoms with Crippen molar-refractivity contribution in [3.05, 3.63) is 16.1 Å². The molecule has 20 heavy (non-hydrogen) atoms. The molecule has 0 saturated heterocycles. The summed E-state index contributed by atoms with van der Waals surface area (Å²) < 4.78 is 0. The third kappa shape index (κ3) is 3.17. The summed E-state index contributed by atoms with van der Waals surface area (Å²) >= 11 is 1.52. The Labute approximate surface area is 122 Å². The molecule has 1 aromatic rings. The number of amides is 1. The van der Waals surface area contributed by atoms with Crippen LogP contribution in [0.1, 0.15) is 50.9 Å². The Hall–Kier alpha value is -1.43. The van der Waals surface area contributed by atoms with Gasteiger partial charge < -0.3 is 10.4 Å². The molecule has 3 atom stereocenters. The van der Waals surface area contributed by atoms with Crippen molar-refractivity contribution in [2.24, 2.45) is 11.8 Å². The van der Waals surface area contributed by atoms with Crippen LogP contribution in [0.25, 0.3) is 0 Å². The molecule has 0 spiro atoms. The van der Waals surface area contributed by atoms with Gasteiger partial charge in [-0.1, -0.05) is 20.8 Å². The first-order valence-electron chi connectivity index (χ1n) is 6.69. The highest BCUT2D eigenvalue weighted by atomic mass is 32.1. The fourth-order valence-corrected chi connectivity index (χ4v) is 3.02. The van der Waals surface area contributed by atoms with Gasteiger partial charge in [-0.15, -0.1) is 11.3 Å². The maximum atomic E-state index is 11.9. The van der Waals surface area contributed by atoms with Crippen molar-refractivity contribution in [1.29, 1.82) is 0 Å². The quantitative estimate of drug-likeness (QED) is 0.893. The lowest BCUT2D eigenvalue weighted by Gasteiger charge is -2.15. The summed E-state index contributed by atoms with van der Waals surface area (Å²) in [6.45, 7) is 8.16. The molecule has 0 radical (unpaired) electrons. The third-order valence-corrected chi connectivity index (χ3v) is 4.49. The van der Waals surface area contributed by atoms with E-state index in [1.807, 2.05) is 12.3 Å². The number of hydrogen-bond acceptors (Lipinski definition) is 4. The van der Waals surface area contributed by atoms with Crippen molar-refractivity contribution in [1.82, 2.24) is 10.3 Å². The van der Waals surface area contributed by atoms with Gasteiger partial charge in [0, 0.05) is 10.8 Å². The molecule has 1 aromatic heterocycles. The summed E-state index contributed by atoms with van der Waals surface area (Å²) in [4.78, 5) is 27.2. The van der Waals surface area contributed by atoms with Gasteiger partial charge in [0.15, 0.2) is 0 Å². The van der Waals surface area contributed by atoms with Crippen molar-refractivity contribution in [3.8, 4) is 0 Å². The molecule has 110 valence electrons. The molecule has 0 unspecified atom stereocenters. The second kappa shape index (κ2) is 5.16. The average Bonchev–Trinajstić information content (AvgIpc) is 2.96. The van der Waals surface area contributed by atoms with Gasteiger partial charge in [0.05, 0.1) is 23.6 Å². The van der Waals surface area contributed by atoms with Crippen LogP contribution < -0.4 is 5.32 Å². The van der Waals surface area contributed by atoms with E-state index in [2.05, 4.69) is 31.1 Å². The molecule has 1 aliphatic carbocycles. The Bertz CT molecular complexity index is 533. The molecule has 2 N–H and O–H groups in total. The zero-order valence-electron chi connectivity index (χ0n) is 12.1. The predicted molar refractivity (Wildman–Crippen MR) is 76.6 cm³/mol. The van der Waals surface area contributed by atoms with Gasteiger partial charge in [-0.05, 0) is 13.3 Å². The molecule has 6 heteroatoms. The Balaban J connectivity index is 1.95. The number of thiazole rings is 1. The van der Waals surface area contributed by atoms with E-state index in [1.54, 1.807) is 0 Å². The van der Waals surface area contributed by atoms with Crippen LogP contribution >= 0.6 is 11.3 Å². The maximum absolute atomic E-state index is 11.9. The number of aliphatic carboxylic acids is 1. The molecule has 1 saturated carbocycles. The van der Waals surface area contributed by atoms with Crippen LogP contribution in [0, 0.1) is 11.8 Å². The zero-order valence-corrected chi connectivity index (χ0v) is 13.0. The average molecular weight is 296 g/mol. The number of carboxylic acid groups (broad SMARTS) is 1. The highest BCUT2D eigenvalue weighted by molar-refractivity contribution is 7.09. The number of carboxylic acids is 1. The second-order valence-corrected chi connectivity index (χ2v) is 7.23. The van der Waals surface area contributed by atoms with Crippen LogP contribution in [0.2, 0.25) is 0 Å². The van der Waals surface area contributed by atoms with Gasteiger partial charge in [-0.25, -0.2) is 4.98 Å². The van der Waals surface area contributed by atoms with E-state index in [-0.39, 0.29) is 23.3 Å². The molecule has 5 nitrogen and oxygen atoms in total. The van der Waals surface area contributed by atoms with Gasteiger partial charge >= 0.3 is 5.97 Å². The molecular weight excluding hydrogens is 276 g/mol. The van der Waals surface area contributed by atoms with Crippen LogP contribution in [-0.2, 0) is 15.0 Å². The summed E-state index contributed by atoms with van der Waals surface area (Å²) in [7, 11) is 0. The number of rotatable bonds is 4. The summed E-state index contributed by atoms with van der Waals surface area (Å²) in [5, 5.41) is 14.5. The Morgan fingerprint density at radius 3 is 2.55 bits per heavy atom. The Morgan fingerprint density at radius 2 is 2.10 bits per heavy atom. The largest absolute Gasteiger partial charge is 0.481 e. The van der Waals surface area contributed by atoms with Crippen LogP contribution in [0.4, 0.5) is 0 Å². The van der Waals surface area contributed by atoms with Gasteiger partial charge in [0.1, 0.15) is 5.01 Å². The molecule has 1 aliphatic rings. The van der Waals surface area contributed by atoms with Gasteiger partial charge in [0.25, 0.3) is 0 Å². The lowest BCUT2D eigenvalue weighted by Crippen LogP contribution is -2.29. The molecule has 1 amide bonds. The minimum Gasteiger partial charge on any atom is -0.481 e. The van der Waals surface area contributed by atoms with Crippen molar-refractivity contribution >= 4 is 23.2 Å². The van der Waals surface area contributed by atoms with Gasteiger partial charge in [-0.2, -0.15) is 0 Å². The smallest absolute Gasteiger partial charge is 0.307 e. The van der Waals surface area contributed by atoms with E-state index in [0.717, 1.165) is 10.7 Å². The zero-order chi connectivity index (χ0) is 15.1. The van der Waals surface area contributed by atoms with E-state index < -0.39 is 11.9 Å². The van der Waals surface area contributed by atoms with E-state index in [9.17, 15) is 9.59 Å². The minimum atomic E-state index is -0.887. The lowest BCUT2D eigenvalue weighted by atomic mass is 9.93. The minimum absolute atomic E-state index is 0.0105. The lowest BCUT2D eigenvalue weighted by molar-refractivity contribution is -0.140. The molecule has 0 aromatic carbocycles. The molecule has 0 aliphatic heterocycles. The Kier molecular flexibility index (Phi) is 3.86. The molecular formula is C14H20N2O3S. The van der Waals surface area contributed by atoms with Crippen LogP contribution in [-0.4, -0.2) is 22.0 Å². The summed E-state index contributed by atoms with van der Waals surface area (Å²) in [6, 6.07) is -0.182. The number of nitrogens with zero attached hydrogens (tertiary/aromatic N) is 1. The van der Waals surface area contributed by atoms with Crippen molar-refractivity contribution in [2.45, 2.75) is 45.6 Å². The fourth-order valence-electron chi connectivity index (χ4n) is 1.97. The van der Waals surface area contributed by atoms with E-state index in [1.165, 1.54) is 11.3 Å². The number of nitrogens with one attached hydrogen (secondary N) is 1. The fraction of sp³-hybridized carbons (Fsp3) is 0.643. The standard InChI is InChI=1S/C14H20N2O3S/c1-7(12-16-10(6-20-12)14(2,3)4)15-11(17)8-5-9(8)13(18)19/h6-9H,5H2,1-4H3,(H,15,17)(H,18,19)/t7-,8+,9-/m0/s1. The topological polar surface area (TPSA) is 79.3 Å². The highest BCUT2D eigenvalue weighted by Crippen LogP contribution is 2.39. The number of aromatic nitrogens is 1. The monoisotopic (exact) mass is 296 g/mol.